The van der Waals surface area contributed by atoms with E-state index in [0.717, 1.165) is 39.0 Å². The number of hydrogen-bond acceptors (Lipinski definition) is 5. The van der Waals surface area contributed by atoms with Crippen molar-refractivity contribution in [2.45, 2.75) is 51.6 Å². The first-order valence-corrected chi connectivity index (χ1v) is 12.8. The molecule has 9 heteroatoms. The first-order chi connectivity index (χ1) is 16.4. The Labute approximate surface area is 211 Å². The van der Waals surface area contributed by atoms with Gasteiger partial charge in [-0.25, -0.2) is 9.40 Å². The summed E-state index contributed by atoms with van der Waals surface area (Å²) in [7, 11) is 0. The number of nitrogens with one attached hydrogen (secondary N) is 1. The van der Waals surface area contributed by atoms with E-state index < -0.39 is 0 Å². The van der Waals surface area contributed by atoms with Crippen LogP contribution in [0.15, 0.2) is 47.4 Å². The van der Waals surface area contributed by atoms with Crippen LogP contribution in [0.4, 0.5) is 10.1 Å². The Bertz CT molecular complexity index is 986. The fourth-order valence-corrected chi connectivity index (χ4v) is 5.50. The van der Waals surface area contributed by atoms with Gasteiger partial charge in [-0.3, -0.25) is 20.1 Å². The molecule has 1 N–H and O–H groups in total. The molecule has 0 spiro atoms. The number of benzene rings is 1. The second-order valence-corrected chi connectivity index (χ2v) is 9.88. The number of amides is 1. The highest BCUT2D eigenvalue weighted by Crippen LogP contribution is 2.37. The van der Waals surface area contributed by atoms with Crippen LogP contribution in [0.3, 0.4) is 0 Å². The Morgan fingerprint density at radius 1 is 1.21 bits per heavy atom. The smallest absolute Gasteiger partial charge is 0.281 e. The zero-order chi connectivity index (χ0) is 24.2. The summed E-state index contributed by atoms with van der Waals surface area (Å²) in [4.78, 5) is 15.7. The monoisotopic (exact) mass is 507 g/mol. The van der Waals surface area contributed by atoms with Gasteiger partial charge in [0, 0.05) is 49.6 Å². The van der Waals surface area contributed by atoms with E-state index in [2.05, 4.69) is 29.3 Å². The molecule has 1 saturated heterocycles. The van der Waals surface area contributed by atoms with Gasteiger partial charge in [-0.15, -0.1) is 0 Å². The lowest BCUT2D eigenvalue weighted by atomic mass is 9.89. The van der Waals surface area contributed by atoms with Crippen LogP contribution in [0.5, 0.6) is 0 Å². The molecule has 1 aliphatic carbocycles. The third-order valence-corrected chi connectivity index (χ3v) is 7.52. The van der Waals surface area contributed by atoms with Gasteiger partial charge in [-0.1, -0.05) is 43.1 Å². The Hall–Kier alpha value is -1.93. The summed E-state index contributed by atoms with van der Waals surface area (Å²) < 4.78 is 13.6. The minimum Gasteiger partial charge on any atom is -0.298 e. The second-order valence-electron chi connectivity index (χ2n) is 9.04. The maximum Gasteiger partial charge on any atom is 0.281 e. The standard InChI is InChI=1S/C25H32Cl2FN5O/c1-3-20(4-2)31-11-13-32(14-12-31)30-25(34)22-16-24(17-5-8-19(28)9-6-17)33(29-22)23-10-7-18(26)15-21(23)27/h5,7-10,15,17,20,24H,3-4,6,11-14,16H2,1-2H3,(H,30,34). The molecule has 4 rings (SSSR count). The molecular formula is C25H32Cl2FN5O. The Morgan fingerprint density at radius 3 is 2.56 bits per heavy atom. The minimum absolute atomic E-state index is 0.00357. The average Bonchev–Trinajstić information content (AvgIpc) is 3.27. The lowest BCUT2D eigenvalue weighted by Crippen LogP contribution is -2.56. The van der Waals surface area contributed by atoms with Crippen LogP contribution in [0, 0.1) is 5.92 Å². The lowest BCUT2D eigenvalue weighted by Gasteiger charge is -2.38. The normalized spacial score (nSPS) is 23.9. The van der Waals surface area contributed by atoms with Crippen molar-refractivity contribution >= 4 is 40.5 Å². The molecule has 0 radical (unpaired) electrons. The molecule has 184 valence electrons. The molecule has 1 amide bonds. The molecule has 34 heavy (non-hydrogen) atoms. The van der Waals surface area contributed by atoms with Crippen LogP contribution in [0.1, 0.15) is 39.5 Å². The molecule has 1 aromatic carbocycles. The van der Waals surface area contributed by atoms with E-state index in [1.54, 1.807) is 23.2 Å². The number of rotatable bonds is 7. The van der Waals surface area contributed by atoms with Crippen molar-refractivity contribution in [3.05, 3.63) is 52.3 Å². The number of hydrazine groups is 1. The maximum atomic E-state index is 13.6. The minimum atomic E-state index is -0.239. The summed E-state index contributed by atoms with van der Waals surface area (Å²) in [6.45, 7) is 7.86. The third kappa shape index (κ3) is 5.65. The number of carbonyl (C=O) groups is 1. The lowest BCUT2D eigenvalue weighted by molar-refractivity contribution is -0.120. The Kier molecular flexibility index (Phi) is 8.30. The summed E-state index contributed by atoms with van der Waals surface area (Å²) in [6, 6.07) is 5.67. The number of nitrogens with zero attached hydrogens (tertiary/aromatic N) is 4. The summed E-state index contributed by atoms with van der Waals surface area (Å²) in [6.07, 6.45) is 8.17. The second kappa shape index (κ2) is 11.2. The molecule has 2 unspecified atom stereocenters. The van der Waals surface area contributed by atoms with Crippen LogP contribution < -0.4 is 10.4 Å². The van der Waals surface area contributed by atoms with Gasteiger partial charge in [0.1, 0.15) is 11.5 Å². The van der Waals surface area contributed by atoms with Gasteiger partial charge < -0.3 is 0 Å². The van der Waals surface area contributed by atoms with Gasteiger partial charge in [0.2, 0.25) is 0 Å². The summed E-state index contributed by atoms with van der Waals surface area (Å²) >= 11 is 12.6. The molecule has 3 aliphatic rings. The molecule has 1 aromatic rings. The van der Waals surface area contributed by atoms with Crippen molar-refractivity contribution < 1.29 is 9.18 Å². The summed E-state index contributed by atoms with van der Waals surface area (Å²) in [5.41, 5.74) is 4.18. The van der Waals surface area contributed by atoms with E-state index >= 15 is 0 Å². The SMILES string of the molecule is CCC(CC)N1CCN(NC(=O)C2=NN(c3ccc(Cl)cc3Cl)C(C3C=CC(F)=CC3)C2)CC1. The van der Waals surface area contributed by atoms with Gasteiger partial charge in [0.25, 0.3) is 5.91 Å². The number of hydrazone groups is 1. The quantitative estimate of drug-likeness (QED) is 0.551. The van der Waals surface area contributed by atoms with Gasteiger partial charge in [-0.2, -0.15) is 5.10 Å². The van der Waals surface area contributed by atoms with Crippen molar-refractivity contribution in [1.82, 2.24) is 15.3 Å². The number of halogens is 3. The Morgan fingerprint density at radius 2 is 1.94 bits per heavy atom. The van der Waals surface area contributed by atoms with E-state index in [4.69, 9.17) is 23.2 Å². The summed E-state index contributed by atoms with van der Waals surface area (Å²) in [5, 5.41) is 9.45. The van der Waals surface area contributed by atoms with Gasteiger partial charge in [0.05, 0.1) is 16.8 Å². The van der Waals surface area contributed by atoms with Crippen molar-refractivity contribution in [3.8, 4) is 0 Å². The van der Waals surface area contributed by atoms with Gasteiger partial charge >= 0.3 is 0 Å². The highest BCUT2D eigenvalue weighted by atomic mass is 35.5. The van der Waals surface area contributed by atoms with Gasteiger partial charge in [-0.05, 0) is 49.6 Å². The average molecular weight is 508 g/mol. The van der Waals surface area contributed by atoms with Crippen LogP contribution >= 0.6 is 23.2 Å². The fraction of sp³-hybridized carbons (Fsp3) is 0.520. The number of allylic oxidation sites excluding steroid dienone is 3. The van der Waals surface area contributed by atoms with Crippen LogP contribution in [-0.2, 0) is 4.79 Å². The number of piperazine rings is 1. The van der Waals surface area contributed by atoms with Crippen molar-refractivity contribution in [2.75, 3.05) is 31.2 Å². The third-order valence-electron chi connectivity index (χ3n) is 6.98. The zero-order valence-corrected chi connectivity index (χ0v) is 21.2. The van der Waals surface area contributed by atoms with Crippen molar-refractivity contribution in [2.24, 2.45) is 11.0 Å². The van der Waals surface area contributed by atoms with E-state index in [0.29, 0.717) is 40.3 Å². The molecule has 0 aromatic heterocycles. The molecule has 2 aliphatic heterocycles. The molecule has 2 atom stereocenters. The predicted molar refractivity (Wildman–Crippen MR) is 137 cm³/mol. The topological polar surface area (TPSA) is 51.2 Å². The first-order valence-electron chi connectivity index (χ1n) is 12.0. The Balaban J connectivity index is 1.47. The fourth-order valence-electron chi connectivity index (χ4n) is 5.01. The number of anilines is 1. The highest BCUT2D eigenvalue weighted by molar-refractivity contribution is 6.40. The zero-order valence-electron chi connectivity index (χ0n) is 19.7. The van der Waals surface area contributed by atoms with E-state index in [9.17, 15) is 9.18 Å². The first kappa shape index (κ1) is 25.2. The molecule has 2 heterocycles. The molecular weight excluding hydrogens is 476 g/mol. The molecule has 0 saturated carbocycles. The van der Waals surface area contributed by atoms with Crippen LogP contribution in [0.2, 0.25) is 10.0 Å². The van der Waals surface area contributed by atoms with Crippen molar-refractivity contribution in [1.29, 1.82) is 0 Å². The molecule has 1 fully saturated rings. The largest absolute Gasteiger partial charge is 0.298 e. The molecule has 6 nitrogen and oxygen atoms in total. The summed E-state index contributed by atoms with van der Waals surface area (Å²) in [5.74, 6) is -0.435. The predicted octanol–water partition coefficient (Wildman–Crippen LogP) is 5.20. The maximum absolute atomic E-state index is 13.6. The van der Waals surface area contributed by atoms with Crippen LogP contribution in [0.25, 0.3) is 0 Å². The van der Waals surface area contributed by atoms with E-state index in [1.165, 1.54) is 6.08 Å². The van der Waals surface area contributed by atoms with Crippen LogP contribution in [-0.4, -0.2) is 59.8 Å². The highest BCUT2D eigenvalue weighted by Gasteiger charge is 2.37. The van der Waals surface area contributed by atoms with E-state index in [1.807, 2.05) is 17.2 Å². The molecule has 0 bridgehead atoms. The number of hydrogen-bond donors (Lipinski definition) is 1. The number of carbonyl (C=O) groups excluding carboxylic acids is 1. The van der Waals surface area contributed by atoms with Crippen molar-refractivity contribution in [3.63, 3.8) is 0 Å². The van der Waals surface area contributed by atoms with Gasteiger partial charge in [0.15, 0.2) is 0 Å². The van der Waals surface area contributed by atoms with E-state index in [-0.39, 0.29) is 23.7 Å².